The normalized spacial score (nSPS) is 18.5. The smallest absolute Gasteiger partial charge is 0.253 e. The van der Waals surface area contributed by atoms with Crippen molar-refractivity contribution in [2.75, 3.05) is 26.2 Å². The molecule has 2 fully saturated rings. The van der Waals surface area contributed by atoms with Gasteiger partial charge < -0.3 is 9.80 Å². The van der Waals surface area contributed by atoms with Crippen LogP contribution in [0.1, 0.15) is 36.0 Å². The summed E-state index contributed by atoms with van der Waals surface area (Å²) in [6.07, 6.45) is 5.49. The van der Waals surface area contributed by atoms with Crippen LogP contribution in [0.25, 0.3) is 28.0 Å². The second-order valence-corrected chi connectivity index (χ2v) is 9.42. The number of aromatic amines is 1. The molecule has 0 spiro atoms. The Morgan fingerprint density at radius 2 is 1.91 bits per heavy atom. The number of benzene rings is 2. The highest BCUT2D eigenvalue weighted by molar-refractivity contribution is 5.94. The van der Waals surface area contributed by atoms with Gasteiger partial charge in [-0.3, -0.25) is 14.7 Å². The molecular weight excluding hydrogens is 442 g/mol. The lowest BCUT2D eigenvalue weighted by atomic mass is 9.96. The average molecular weight is 470 g/mol. The highest BCUT2D eigenvalue weighted by atomic mass is 16.2. The number of aromatic nitrogens is 5. The van der Waals surface area contributed by atoms with Crippen molar-refractivity contribution in [2.45, 2.75) is 25.7 Å². The zero-order valence-corrected chi connectivity index (χ0v) is 19.4. The van der Waals surface area contributed by atoms with Gasteiger partial charge in [-0.15, -0.1) is 5.10 Å². The van der Waals surface area contributed by atoms with Crippen LogP contribution < -0.4 is 0 Å². The third kappa shape index (κ3) is 4.18. The minimum Gasteiger partial charge on any atom is -0.342 e. The average Bonchev–Trinajstić information content (AvgIpc) is 3.64. The molecule has 0 aliphatic carbocycles. The van der Waals surface area contributed by atoms with Crippen LogP contribution in [0.15, 0.2) is 54.7 Å². The maximum absolute atomic E-state index is 13.2. The number of hydrogen-bond donors (Lipinski definition) is 1. The van der Waals surface area contributed by atoms with Crippen molar-refractivity contribution in [1.82, 2.24) is 35.0 Å². The van der Waals surface area contributed by atoms with E-state index in [0.29, 0.717) is 30.1 Å². The number of carbonyl (C=O) groups excluding carboxylic acids is 2. The molecule has 0 radical (unpaired) electrons. The molecule has 4 heterocycles. The van der Waals surface area contributed by atoms with Crippen LogP contribution >= 0.6 is 0 Å². The van der Waals surface area contributed by atoms with Crippen molar-refractivity contribution in [3.63, 3.8) is 0 Å². The van der Waals surface area contributed by atoms with Gasteiger partial charge in [0, 0.05) is 43.5 Å². The van der Waals surface area contributed by atoms with E-state index >= 15 is 0 Å². The van der Waals surface area contributed by atoms with Crippen LogP contribution in [0, 0.1) is 5.92 Å². The summed E-state index contributed by atoms with van der Waals surface area (Å²) in [6, 6.07) is 15.4. The number of nitrogens with one attached hydrogen (secondary N) is 1. The molecule has 2 aliphatic rings. The van der Waals surface area contributed by atoms with Crippen molar-refractivity contribution < 1.29 is 9.59 Å². The lowest BCUT2D eigenvalue weighted by Crippen LogP contribution is -2.44. The molecular formula is C26H27N7O2. The molecule has 2 saturated heterocycles. The van der Waals surface area contributed by atoms with Crippen molar-refractivity contribution in [3.8, 4) is 17.1 Å². The number of piperidine rings is 1. The summed E-state index contributed by atoms with van der Waals surface area (Å²) in [7, 11) is 0. The Morgan fingerprint density at radius 1 is 1.06 bits per heavy atom. The first kappa shape index (κ1) is 21.5. The fourth-order valence-corrected chi connectivity index (χ4v) is 5.20. The Hall–Kier alpha value is -4.01. The predicted molar refractivity (Wildman–Crippen MR) is 131 cm³/mol. The summed E-state index contributed by atoms with van der Waals surface area (Å²) in [4.78, 5) is 29.1. The second kappa shape index (κ2) is 8.98. The summed E-state index contributed by atoms with van der Waals surface area (Å²) < 4.78 is 1.69. The van der Waals surface area contributed by atoms with Gasteiger partial charge in [-0.1, -0.05) is 23.4 Å². The monoisotopic (exact) mass is 469 g/mol. The van der Waals surface area contributed by atoms with E-state index in [0.717, 1.165) is 61.2 Å². The lowest BCUT2D eigenvalue weighted by Gasteiger charge is -2.34. The number of fused-ring (bicyclic) bond motifs is 1. The molecule has 1 N–H and O–H groups in total. The highest BCUT2D eigenvalue weighted by Gasteiger charge is 2.29. The van der Waals surface area contributed by atoms with Crippen molar-refractivity contribution in [3.05, 3.63) is 60.3 Å². The van der Waals surface area contributed by atoms with Crippen molar-refractivity contribution in [2.24, 2.45) is 5.92 Å². The summed E-state index contributed by atoms with van der Waals surface area (Å²) in [5.74, 6) is 0.637. The SMILES string of the molecule is O=C1CCCN1CC1CCCN(C(=O)c2ccc(-n3cc(-c4n[nH]c5ccccc45)nn3)cc2)C1. The summed E-state index contributed by atoms with van der Waals surface area (Å²) in [5.41, 5.74) is 3.87. The van der Waals surface area contributed by atoms with E-state index in [1.165, 1.54) is 0 Å². The first-order valence-corrected chi connectivity index (χ1v) is 12.2. The molecule has 0 saturated carbocycles. The number of carbonyl (C=O) groups is 2. The Labute approximate surface area is 202 Å². The van der Waals surface area contributed by atoms with Gasteiger partial charge in [0.1, 0.15) is 11.4 Å². The third-order valence-electron chi connectivity index (χ3n) is 7.04. The maximum Gasteiger partial charge on any atom is 0.253 e. The summed E-state index contributed by atoms with van der Waals surface area (Å²) >= 11 is 0. The molecule has 0 bridgehead atoms. The second-order valence-electron chi connectivity index (χ2n) is 9.42. The van der Waals surface area contributed by atoms with E-state index < -0.39 is 0 Å². The molecule has 4 aromatic rings. The van der Waals surface area contributed by atoms with Crippen LogP contribution in [0.3, 0.4) is 0 Å². The zero-order valence-electron chi connectivity index (χ0n) is 19.4. The van der Waals surface area contributed by atoms with Gasteiger partial charge in [-0.2, -0.15) is 5.10 Å². The van der Waals surface area contributed by atoms with Gasteiger partial charge in [0.2, 0.25) is 5.91 Å². The van der Waals surface area contributed by atoms with Gasteiger partial charge in [0.05, 0.1) is 17.4 Å². The van der Waals surface area contributed by atoms with Crippen LogP contribution in [-0.2, 0) is 4.79 Å². The van der Waals surface area contributed by atoms with E-state index in [4.69, 9.17) is 0 Å². The van der Waals surface area contributed by atoms with Gasteiger partial charge in [0.25, 0.3) is 5.91 Å². The van der Waals surface area contributed by atoms with Crippen LogP contribution in [0.2, 0.25) is 0 Å². The molecule has 6 rings (SSSR count). The number of likely N-dealkylation sites (tertiary alicyclic amines) is 2. The molecule has 9 heteroatoms. The Kier molecular flexibility index (Phi) is 5.52. The molecule has 35 heavy (non-hydrogen) atoms. The molecule has 9 nitrogen and oxygen atoms in total. The van der Waals surface area contributed by atoms with Gasteiger partial charge in [0.15, 0.2) is 0 Å². The molecule has 2 aromatic heterocycles. The quantitative estimate of drug-likeness (QED) is 0.484. The number of nitrogens with zero attached hydrogens (tertiary/aromatic N) is 6. The fourth-order valence-electron chi connectivity index (χ4n) is 5.20. The number of amides is 2. The minimum absolute atomic E-state index is 0.0382. The number of hydrogen-bond acceptors (Lipinski definition) is 5. The van der Waals surface area contributed by atoms with Crippen molar-refractivity contribution in [1.29, 1.82) is 0 Å². The third-order valence-corrected chi connectivity index (χ3v) is 7.04. The Bertz CT molecular complexity index is 1370. The molecule has 1 atom stereocenters. The number of H-pyrrole nitrogens is 1. The van der Waals surface area contributed by atoms with Crippen molar-refractivity contribution >= 4 is 22.7 Å². The first-order chi connectivity index (χ1) is 17.2. The van der Waals surface area contributed by atoms with Crippen LogP contribution in [0.4, 0.5) is 0 Å². The first-order valence-electron chi connectivity index (χ1n) is 12.2. The summed E-state index contributed by atoms with van der Waals surface area (Å²) in [5, 5.41) is 17.0. The van der Waals surface area contributed by atoms with Gasteiger partial charge >= 0.3 is 0 Å². The molecule has 178 valence electrons. The maximum atomic E-state index is 13.2. The van der Waals surface area contributed by atoms with Gasteiger partial charge in [-0.25, -0.2) is 4.68 Å². The van der Waals surface area contributed by atoms with E-state index in [1.54, 1.807) is 4.68 Å². The van der Waals surface area contributed by atoms with E-state index in [9.17, 15) is 9.59 Å². The summed E-state index contributed by atoms with van der Waals surface area (Å²) in [6.45, 7) is 3.08. The Balaban J connectivity index is 1.14. The lowest BCUT2D eigenvalue weighted by molar-refractivity contribution is -0.128. The number of para-hydroxylation sites is 1. The zero-order chi connectivity index (χ0) is 23.8. The van der Waals surface area contributed by atoms with Gasteiger partial charge in [-0.05, 0) is 55.5 Å². The van der Waals surface area contributed by atoms with E-state index in [2.05, 4.69) is 20.5 Å². The van der Waals surface area contributed by atoms with Crippen LogP contribution in [0.5, 0.6) is 0 Å². The topological polar surface area (TPSA) is 100 Å². The molecule has 2 aliphatic heterocycles. The van der Waals surface area contributed by atoms with E-state index in [-0.39, 0.29) is 11.8 Å². The molecule has 2 aromatic carbocycles. The standard InChI is InChI=1S/C26H27N7O2/c34-24-8-4-13-31(24)15-18-5-3-14-32(16-18)26(35)19-9-11-20(12-10-19)33-17-23(28-30-33)25-21-6-1-2-7-22(21)27-29-25/h1-2,6-7,9-12,17-18H,3-5,8,13-16H2,(H,27,29). The Morgan fingerprint density at radius 3 is 2.74 bits per heavy atom. The number of rotatable bonds is 5. The highest BCUT2D eigenvalue weighted by Crippen LogP contribution is 2.25. The fraction of sp³-hybridized carbons (Fsp3) is 0.346. The molecule has 2 amide bonds. The predicted octanol–water partition coefficient (Wildman–Crippen LogP) is 3.29. The largest absolute Gasteiger partial charge is 0.342 e. The van der Waals surface area contributed by atoms with E-state index in [1.807, 2.05) is 64.5 Å². The van der Waals surface area contributed by atoms with Crippen LogP contribution in [-0.4, -0.2) is 73.0 Å². The minimum atomic E-state index is 0.0382. The molecule has 1 unspecified atom stereocenters.